The van der Waals surface area contributed by atoms with E-state index in [1.54, 1.807) is 30.3 Å². The SMILES string of the molecule is NCc1ccc(CS(=O)(=O)Cc2ccccc2)c(Cl)c1. The second-order valence-corrected chi connectivity index (χ2v) is 7.12. The number of nitrogens with two attached hydrogens (primary N) is 1. The van der Waals surface area contributed by atoms with Crippen LogP contribution >= 0.6 is 11.6 Å². The molecule has 2 aromatic rings. The zero-order valence-corrected chi connectivity index (χ0v) is 12.5. The Balaban J connectivity index is 2.16. The van der Waals surface area contributed by atoms with E-state index in [1.165, 1.54) is 0 Å². The molecule has 0 amide bonds. The Morgan fingerprint density at radius 2 is 1.65 bits per heavy atom. The highest BCUT2D eigenvalue weighted by atomic mass is 35.5. The molecule has 0 aliphatic heterocycles. The van der Waals surface area contributed by atoms with E-state index >= 15 is 0 Å². The van der Waals surface area contributed by atoms with Gasteiger partial charge in [0.25, 0.3) is 0 Å². The van der Waals surface area contributed by atoms with Gasteiger partial charge in [-0.15, -0.1) is 0 Å². The van der Waals surface area contributed by atoms with Crippen LogP contribution in [0.5, 0.6) is 0 Å². The molecule has 3 nitrogen and oxygen atoms in total. The summed E-state index contributed by atoms with van der Waals surface area (Å²) in [6, 6.07) is 14.4. The van der Waals surface area contributed by atoms with Crippen molar-refractivity contribution in [1.82, 2.24) is 0 Å². The molecule has 0 aliphatic carbocycles. The molecule has 0 heterocycles. The van der Waals surface area contributed by atoms with Gasteiger partial charge in [0, 0.05) is 11.6 Å². The third-order valence-electron chi connectivity index (χ3n) is 2.96. The highest BCUT2D eigenvalue weighted by molar-refractivity contribution is 7.89. The molecular formula is C15H16ClNO2S. The Morgan fingerprint density at radius 1 is 0.950 bits per heavy atom. The lowest BCUT2D eigenvalue weighted by Gasteiger charge is -2.08. The third kappa shape index (κ3) is 4.07. The largest absolute Gasteiger partial charge is 0.326 e. The molecule has 0 unspecified atom stereocenters. The molecule has 0 spiro atoms. The quantitative estimate of drug-likeness (QED) is 0.924. The van der Waals surface area contributed by atoms with E-state index in [0.717, 1.165) is 11.1 Å². The molecule has 0 aliphatic rings. The molecule has 106 valence electrons. The maximum Gasteiger partial charge on any atom is 0.158 e. The van der Waals surface area contributed by atoms with Gasteiger partial charge in [-0.1, -0.05) is 54.1 Å². The van der Waals surface area contributed by atoms with Gasteiger partial charge in [0.2, 0.25) is 0 Å². The van der Waals surface area contributed by atoms with Gasteiger partial charge in [-0.25, -0.2) is 8.42 Å². The highest BCUT2D eigenvalue weighted by Crippen LogP contribution is 2.21. The topological polar surface area (TPSA) is 60.2 Å². The minimum absolute atomic E-state index is 0.0167. The van der Waals surface area contributed by atoms with Gasteiger partial charge in [0.05, 0.1) is 11.5 Å². The van der Waals surface area contributed by atoms with Gasteiger partial charge in [-0.3, -0.25) is 0 Å². The van der Waals surface area contributed by atoms with E-state index in [1.807, 2.05) is 18.2 Å². The lowest BCUT2D eigenvalue weighted by atomic mass is 10.1. The summed E-state index contributed by atoms with van der Waals surface area (Å²) in [7, 11) is -3.25. The van der Waals surface area contributed by atoms with Crippen molar-refractivity contribution in [3.63, 3.8) is 0 Å². The highest BCUT2D eigenvalue weighted by Gasteiger charge is 2.15. The summed E-state index contributed by atoms with van der Waals surface area (Å²) in [5, 5.41) is 0.449. The first-order chi connectivity index (χ1) is 9.50. The Hall–Kier alpha value is -1.36. The molecule has 2 N–H and O–H groups in total. The van der Waals surface area contributed by atoms with Crippen LogP contribution in [0.2, 0.25) is 5.02 Å². The molecule has 0 fully saturated rings. The minimum atomic E-state index is -3.25. The summed E-state index contributed by atoms with van der Waals surface area (Å²) in [5.41, 5.74) is 7.80. The van der Waals surface area contributed by atoms with Crippen LogP contribution in [-0.2, 0) is 27.9 Å². The Labute approximate surface area is 124 Å². The summed E-state index contributed by atoms with van der Waals surface area (Å²) in [6.45, 7) is 0.386. The van der Waals surface area contributed by atoms with Crippen molar-refractivity contribution in [2.24, 2.45) is 5.73 Å². The van der Waals surface area contributed by atoms with Crippen LogP contribution < -0.4 is 5.73 Å². The fourth-order valence-electron chi connectivity index (χ4n) is 1.95. The number of benzene rings is 2. The molecule has 5 heteroatoms. The van der Waals surface area contributed by atoms with Gasteiger partial charge in [-0.2, -0.15) is 0 Å². The Morgan fingerprint density at radius 3 is 2.25 bits per heavy atom. The van der Waals surface area contributed by atoms with Gasteiger partial charge < -0.3 is 5.73 Å². The van der Waals surface area contributed by atoms with E-state index in [2.05, 4.69) is 0 Å². The molecule has 0 radical (unpaired) electrons. The van der Waals surface area contributed by atoms with E-state index in [9.17, 15) is 8.42 Å². The zero-order chi connectivity index (χ0) is 14.6. The second-order valence-electron chi connectivity index (χ2n) is 4.65. The predicted octanol–water partition coefficient (Wildman–Crippen LogP) is 2.91. The summed E-state index contributed by atoms with van der Waals surface area (Å²) < 4.78 is 24.4. The van der Waals surface area contributed by atoms with Crippen LogP contribution in [0.25, 0.3) is 0 Å². The van der Waals surface area contributed by atoms with E-state index in [0.29, 0.717) is 17.1 Å². The number of rotatable bonds is 5. The molecule has 0 saturated carbocycles. The molecule has 20 heavy (non-hydrogen) atoms. The van der Waals surface area contributed by atoms with Gasteiger partial charge in [0.1, 0.15) is 0 Å². The smallest absolute Gasteiger partial charge is 0.158 e. The van der Waals surface area contributed by atoms with Crippen molar-refractivity contribution in [3.05, 3.63) is 70.2 Å². The molecular weight excluding hydrogens is 294 g/mol. The summed E-state index contributed by atoms with van der Waals surface area (Å²) in [5.74, 6) is -0.0472. The van der Waals surface area contributed by atoms with Gasteiger partial charge >= 0.3 is 0 Å². The van der Waals surface area contributed by atoms with E-state index < -0.39 is 9.84 Å². The van der Waals surface area contributed by atoms with Crippen LogP contribution in [0.1, 0.15) is 16.7 Å². The van der Waals surface area contributed by atoms with Crippen LogP contribution in [-0.4, -0.2) is 8.42 Å². The number of sulfone groups is 1. The number of halogens is 1. The van der Waals surface area contributed by atoms with E-state index in [-0.39, 0.29) is 11.5 Å². The summed E-state index contributed by atoms with van der Waals surface area (Å²) in [4.78, 5) is 0. The van der Waals surface area contributed by atoms with Crippen molar-refractivity contribution in [3.8, 4) is 0 Å². The normalized spacial score (nSPS) is 11.5. The zero-order valence-electron chi connectivity index (χ0n) is 10.9. The lowest BCUT2D eigenvalue weighted by Crippen LogP contribution is -2.08. The van der Waals surface area contributed by atoms with Crippen molar-refractivity contribution in [2.45, 2.75) is 18.1 Å². The molecule has 2 aromatic carbocycles. The molecule has 0 bridgehead atoms. The first-order valence-electron chi connectivity index (χ1n) is 6.22. The lowest BCUT2D eigenvalue weighted by molar-refractivity contribution is 0.594. The second kappa shape index (κ2) is 6.39. The average Bonchev–Trinajstić information content (AvgIpc) is 2.41. The molecule has 2 rings (SSSR count). The van der Waals surface area contributed by atoms with Gasteiger partial charge in [0.15, 0.2) is 9.84 Å². The van der Waals surface area contributed by atoms with Crippen LogP contribution in [0.15, 0.2) is 48.5 Å². The predicted molar refractivity (Wildman–Crippen MR) is 82.1 cm³/mol. The molecule has 0 aromatic heterocycles. The van der Waals surface area contributed by atoms with Crippen molar-refractivity contribution in [1.29, 1.82) is 0 Å². The van der Waals surface area contributed by atoms with Crippen molar-refractivity contribution in [2.75, 3.05) is 0 Å². The standard InChI is InChI=1S/C15H16ClNO2S/c16-15-8-13(9-17)6-7-14(15)11-20(18,19)10-12-4-2-1-3-5-12/h1-8H,9-11,17H2. The van der Waals surface area contributed by atoms with Crippen LogP contribution in [0, 0.1) is 0 Å². The molecule has 0 atom stereocenters. The summed E-state index contributed by atoms with van der Waals surface area (Å²) >= 11 is 6.10. The number of hydrogen-bond acceptors (Lipinski definition) is 3. The first-order valence-corrected chi connectivity index (χ1v) is 8.42. The van der Waals surface area contributed by atoms with Crippen LogP contribution in [0.4, 0.5) is 0 Å². The first kappa shape index (κ1) is 15.0. The van der Waals surface area contributed by atoms with Crippen LogP contribution in [0.3, 0.4) is 0 Å². The Kier molecular flexibility index (Phi) is 4.81. The minimum Gasteiger partial charge on any atom is -0.326 e. The van der Waals surface area contributed by atoms with Gasteiger partial charge in [-0.05, 0) is 22.8 Å². The van der Waals surface area contributed by atoms with Crippen molar-refractivity contribution < 1.29 is 8.42 Å². The third-order valence-corrected chi connectivity index (χ3v) is 4.83. The molecule has 0 saturated heterocycles. The number of hydrogen-bond donors (Lipinski definition) is 1. The Bertz CT molecular complexity index is 684. The summed E-state index contributed by atoms with van der Waals surface area (Å²) in [6.07, 6.45) is 0. The fourth-order valence-corrected chi connectivity index (χ4v) is 3.83. The maximum absolute atomic E-state index is 12.2. The van der Waals surface area contributed by atoms with Crippen molar-refractivity contribution >= 4 is 21.4 Å². The average molecular weight is 310 g/mol. The maximum atomic E-state index is 12.2. The monoisotopic (exact) mass is 309 g/mol. The fraction of sp³-hybridized carbons (Fsp3) is 0.200. The van der Waals surface area contributed by atoms with E-state index in [4.69, 9.17) is 17.3 Å².